The maximum absolute atomic E-state index is 2.47. The molecule has 0 bridgehead atoms. The van der Waals surface area contributed by atoms with Gasteiger partial charge in [0.2, 0.25) is 0 Å². The minimum Gasteiger partial charge on any atom is -0.0767 e. The predicted octanol–water partition coefficient (Wildman–Crippen LogP) is 15.3. The summed E-state index contributed by atoms with van der Waals surface area (Å²) < 4.78 is 0. The van der Waals surface area contributed by atoms with Gasteiger partial charge in [-0.3, -0.25) is 0 Å². The molecule has 0 N–H and O–H groups in total. The van der Waals surface area contributed by atoms with Crippen molar-refractivity contribution < 1.29 is 0 Å². The molecule has 262 valence electrons. The molecule has 0 spiro atoms. The first-order valence-electron chi connectivity index (χ1n) is 19.7. The van der Waals surface area contributed by atoms with Crippen LogP contribution >= 0.6 is 0 Å². The van der Waals surface area contributed by atoms with E-state index in [1.807, 2.05) is 0 Å². The van der Waals surface area contributed by atoms with Crippen LogP contribution in [0.2, 0.25) is 0 Å². The maximum Gasteiger partial charge on any atom is 0.0125 e. The van der Waals surface area contributed by atoms with Crippen molar-refractivity contribution in [2.75, 3.05) is 0 Å². The molecule has 0 fully saturated rings. The van der Waals surface area contributed by atoms with E-state index in [0.29, 0.717) is 11.8 Å². The molecule has 56 heavy (non-hydrogen) atoms. The van der Waals surface area contributed by atoms with E-state index in [-0.39, 0.29) is 0 Å². The van der Waals surface area contributed by atoms with Crippen LogP contribution in [0.3, 0.4) is 0 Å². The van der Waals surface area contributed by atoms with Gasteiger partial charge in [-0.15, -0.1) is 0 Å². The fourth-order valence-corrected chi connectivity index (χ4v) is 9.30. The van der Waals surface area contributed by atoms with Gasteiger partial charge in [0.1, 0.15) is 0 Å². The van der Waals surface area contributed by atoms with Gasteiger partial charge in [0.25, 0.3) is 0 Å². The third kappa shape index (κ3) is 5.45. The molecule has 0 aliphatic heterocycles. The monoisotopic (exact) mass is 710 g/mol. The average Bonchev–Trinajstić information content (AvgIpc) is 3.27. The van der Waals surface area contributed by atoms with E-state index in [2.05, 4.69) is 218 Å². The largest absolute Gasteiger partial charge is 0.0767 e. The minimum absolute atomic E-state index is 0.324. The van der Waals surface area contributed by atoms with E-state index >= 15 is 0 Å². The normalized spacial score (nSPS) is 16.1. The fraction of sp³-hybridized carbons (Fsp3) is 0.0357. The van der Waals surface area contributed by atoms with Gasteiger partial charge in [0, 0.05) is 11.8 Å². The second kappa shape index (κ2) is 13.4. The van der Waals surface area contributed by atoms with Crippen LogP contribution in [0, 0.1) is 11.8 Å². The first-order chi connectivity index (χ1) is 27.8. The zero-order chi connectivity index (χ0) is 37.0. The van der Waals surface area contributed by atoms with Crippen molar-refractivity contribution in [3.05, 3.63) is 224 Å². The molecule has 11 rings (SSSR count). The molecule has 9 aromatic carbocycles. The van der Waals surface area contributed by atoms with Crippen LogP contribution in [0.25, 0.3) is 93.2 Å². The predicted molar refractivity (Wildman–Crippen MR) is 241 cm³/mol. The number of fused-ring (bicyclic) bond motifs is 5. The molecule has 0 heterocycles. The smallest absolute Gasteiger partial charge is 0.0125 e. The topological polar surface area (TPSA) is 0 Å². The molecular weight excluding hydrogens is 673 g/mol. The standard InChI is InChI=1S/C56H38/c1-2-15-42-34-44(31-26-37(42)12-1)43-18-9-19-46(35-43)56-52-23-8-7-22-51(52)55(41-29-27-40(28-30-41)49-24-10-16-38-13-3-5-20-47(38)49)54-36-45(32-33-53(54)56)50-25-11-17-39-14-4-6-21-48(39)50/h1-36,39,48H. The van der Waals surface area contributed by atoms with Gasteiger partial charge in [0.05, 0.1) is 0 Å². The Morgan fingerprint density at radius 3 is 1.75 bits per heavy atom. The summed E-state index contributed by atoms with van der Waals surface area (Å²) in [4.78, 5) is 0. The Bertz CT molecular complexity index is 3120. The quantitative estimate of drug-likeness (QED) is 0.156. The molecular formula is C56H38. The molecule has 9 aromatic rings. The highest BCUT2D eigenvalue weighted by Gasteiger charge is 2.25. The summed E-state index contributed by atoms with van der Waals surface area (Å²) in [6.07, 6.45) is 16.0. The summed E-state index contributed by atoms with van der Waals surface area (Å²) in [6.45, 7) is 0. The molecule has 0 amide bonds. The average molecular weight is 711 g/mol. The summed E-state index contributed by atoms with van der Waals surface area (Å²) in [5.74, 6) is 0.700. The number of allylic oxidation sites excluding steroid dienone is 8. The summed E-state index contributed by atoms with van der Waals surface area (Å²) >= 11 is 0. The lowest BCUT2D eigenvalue weighted by molar-refractivity contribution is 0.678. The van der Waals surface area contributed by atoms with E-state index in [1.54, 1.807) is 0 Å². The molecule has 2 unspecified atom stereocenters. The first kappa shape index (κ1) is 32.4. The summed E-state index contributed by atoms with van der Waals surface area (Å²) in [7, 11) is 0. The van der Waals surface area contributed by atoms with Gasteiger partial charge in [0.15, 0.2) is 0 Å². The van der Waals surface area contributed by atoms with Crippen LogP contribution in [-0.2, 0) is 0 Å². The van der Waals surface area contributed by atoms with Crippen LogP contribution in [0.15, 0.2) is 218 Å². The van der Waals surface area contributed by atoms with Crippen molar-refractivity contribution in [1.29, 1.82) is 0 Å². The molecule has 0 aromatic heterocycles. The lowest BCUT2D eigenvalue weighted by Gasteiger charge is -2.28. The molecule has 0 heteroatoms. The Balaban J connectivity index is 1.13. The number of hydrogen-bond donors (Lipinski definition) is 0. The van der Waals surface area contributed by atoms with Crippen molar-refractivity contribution in [2.45, 2.75) is 0 Å². The van der Waals surface area contributed by atoms with Crippen LogP contribution < -0.4 is 0 Å². The lowest BCUT2D eigenvalue weighted by Crippen LogP contribution is -2.14. The molecule has 0 radical (unpaired) electrons. The summed E-state index contributed by atoms with van der Waals surface area (Å²) in [6, 6.07) is 65.3. The first-order valence-corrected chi connectivity index (χ1v) is 19.7. The van der Waals surface area contributed by atoms with Crippen LogP contribution in [0.1, 0.15) is 5.56 Å². The molecule has 2 atom stereocenters. The molecule has 2 aliphatic carbocycles. The second-order valence-corrected chi connectivity index (χ2v) is 15.2. The van der Waals surface area contributed by atoms with Gasteiger partial charge in [-0.25, -0.2) is 0 Å². The lowest BCUT2D eigenvalue weighted by atomic mass is 9.76. The van der Waals surface area contributed by atoms with Crippen molar-refractivity contribution in [1.82, 2.24) is 0 Å². The van der Waals surface area contributed by atoms with Crippen molar-refractivity contribution in [3.63, 3.8) is 0 Å². The highest BCUT2D eigenvalue weighted by molar-refractivity contribution is 6.22. The Labute approximate surface area is 327 Å². The molecule has 0 nitrogen and oxygen atoms in total. The zero-order valence-electron chi connectivity index (χ0n) is 30.9. The number of benzene rings is 9. The van der Waals surface area contributed by atoms with Gasteiger partial charge in [-0.05, 0) is 117 Å². The van der Waals surface area contributed by atoms with Crippen LogP contribution in [-0.4, -0.2) is 0 Å². The van der Waals surface area contributed by atoms with Gasteiger partial charge >= 0.3 is 0 Å². The molecule has 0 saturated heterocycles. The van der Waals surface area contributed by atoms with Gasteiger partial charge < -0.3 is 0 Å². The minimum atomic E-state index is 0.324. The number of hydrogen-bond acceptors (Lipinski definition) is 0. The van der Waals surface area contributed by atoms with E-state index in [4.69, 9.17) is 0 Å². The summed E-state index contributed by atoms with van der Waals surface area (Å²) in [5.41, 5.74) is 12.6. The summed E-state index contributed by atoms with van der Waals surface area (Å²) in [5, 5.41) is 10.1. The zero-order valence-corrected chi connectivity index (χ0v) is 30.9. The molecule has 0 saturated carbocycles. The third-order valence-corrected chi connectivity index (χ3v) is 12.0. The van der Waals surface area contributed by atoms with E-state index < -0.39 is 0 Å². The fourth-order valence-electron chi connectivity index (χ4n) is 9.30. The number of rotatable bonds is 5. The van der Waals surface area contributed by atoms with Crippen molar-refractivity contribution in [2.24, 2.45) is 11.8 Å². The Kier molecular flexibility index (Phi) is 7.74. The van der Waals surface area contributed by atoms with E-state index in [9.17, 15) is 0 Å². The third-order valence-electron chi connectivity index (χ3n) is 12.0. The Hall–Kier alpha value is -7.02. The van der Waals surface area contributed by atoms with Crippen LogP contribution in [0.5, 0.6) is 0 Å². The van der Waals surface area contributed by atoms with Gasteiger partial charge in [-0.1, -0.05) is 200 Å². The van der Waals surface area contributed by atoms with Gasteiger partial charge in [-0.2, -0.15) is 0 Å². The molecule has 2 aliphatic rings. The van der Waals surface area contributed by atoms with E-state index in [0.717, 1.165) is 0 Å². The highest BCUT2D eigenvalue weighted by atomic mass is 14.3. The maximum atomic E-state index is 2.47. The Morgan fingerprint density at radius 2 is 0.893 bits per heavy atom. The Morgan fingerprint density at radius 1 is 0.304 bits per heavy atom. The van der Waals surface area contributed by atoms with E-state index in [1.165, 1.54) is 98.7 Å². The highest BCUT2D eigenvalue weighted by Crippen LogP contribution is 2.47. The van der Waals surface area contributed by atoms with Crippen molar-refractivity contribution in [3.8, 4) is 44.5 Å². The second-order valence-electron chi connectivity index (χ2n) is 15.2. The SMILES string of the molecule is C1=CC2C=CC=C(c3ccc4c(-c5cccc(-c6ccc7ccccc7c6)c5)c5ccccc5c(-c5ccc(-c6cccc7ccccc67)cc5)c4c3)C2C=C1. The van der Waals surface area contributed by atoms with Crippen LogP contribution in [0.4, 0.5) is 0 Å². The van der Waals surface area contributed by atoms with Crippen molar-refractivity contribution >= 4 is 48.7 Å².